The predicted octanol–water partition coefficient (Wildman–Crippen LogP) is 1.11. The highest BCUT2D eigenvalue weighted by atomic mass is 16.5. The number of aliphatic hydroxyl groups is 1. The molecule has 0 saturated carbocycles. The lowest BCUT2D eigenvalue weighted by Gasteiger charge is -2.44. The fraction of sp³-hybridized carbons (Fsp3) is 0.500. The molecule has 0 aromatic heterocycles. The SMILES string of the molecule is O=C1OC[C@H](c2ccccc2)N2CC[C@@H](O)C[C@@H]12. The Bertz CT molecular complexity index is 434. The first-order valence-electron chi connectivity index (χ1n) is 6.41. The van der Waals surface area contributed by atoms with Gasteiger partial charge in [0, 0.05) is 6.54 Å². The number of nitrogens with zero attached hydrogens (tertiary/aromatic N) is 1. The van der Waals surface area contributed by atoms with Crippen LogP contribution in [0.3, 0.4) is 0 Å². The van der Waals surface area contributed by atoms with Crippen LogP contribution in [0.1, 0.15) is 24.4 Å². The third kappa shape index (κ3) is 2.02. The summed E-state index contributed by atoms with van der Waals surface area (Å²) in [5.41, 5.74) is 1.17. The minimum atomic E-state index is -0.381. The normalized spacial score (nSPS) is 32.7. The highest BCUT2D eigenvalue weighted by Crippen LogP contribution is 2.33. The minimum absolute atomic E-state index is 0.126. The van der Waals surface area contributed by atoms with Gasteiger partial charge in [-0.2, -0.15) is 0 Å². The largest absolute Gasteiger partial charge is 0.462 e. The Morgan fingerprint density at radius 3 is 2.78 bits per heavy atom. The number of cyclic esters (lactones) is 1. The average Bonchev–Trinajstić information content (AvgIpc) is 2.41. The van der Waals surface area contributed by atoms with Crippen LogP contribution in [0, 0.1) is 0 Å². The lowest BCUT2D eigenvalue weighted by molar-refractivity contribution is -0.168. The van der Waals surface area contributed by atoms with Crippen molar-refractivity contribution in [3.8, 4) is 0 Å². The summed E-state index contributed by atoms with van der Waals surface area (Å²) in [5, 5.41) is 9.69. The number of carbonyl (C=O) groups is 1. The second-order valence-corrected chi connectivity index (χ2v) is 4.99. The molecule has 2 heterocycles. The zero-order chi connectivity index (χ0) is 12.5. The number of fused-ring (bicyclic) bond motifs is 1. The molecule has 2 saturated heterocycles. The summed E-state index contributed by atoms with van der Waals surface area (Å²) in [6.45, 7) is 1.16. The van der Waals surface area contributed by atoms with E-state index in [1.807, 2.05) is 18.2 Å². The number of carbonyl (C=O) groups excluding carboxylic acids is 1. The first-order valence-corrected chi connectivity index (χ1v) is 6.41. The summed E-state index contributed by atoms with van der Waals surface area (Å²) in [6.07, 6.45) is 0.836. The summed E-state index contributed by atoms with van der Waals surface area (Å²) in [7, 11) is 0. The highest BCUT2D eigenvalue weighted by molar-refractivity contribution is 5.77. The third-order valence-electron chi connectivity index (χ3n) is 3.86. The summed E-state index contributed by atoms with van der Waals surface area (Å²) >= 11 is 0. The van der Waals surface area contributed by atoms with E-state index in [4.69, 9.17) is 4.74 Å². The summed E-state index contributed by atoms with van der Waals surface area (Å²) in [6, 6.07) is 9.95. The van der Waals surface area contributed by atoms with Crippen LogP contribution in [0.15, 0.2) is 30.3 Å². The van der Waals surface area contributed by atoms with Gasteiger partial charge in [-0.15, -0.1) is 0 Å². The van der Waals surface area contributed by atoms with Gasteiger partial charge in [-0.1, -0.05) is 30.3 Å². The van der Waals surface area contributed by atoms with Crippen molar-refractivity contribution in [2.75, 3.05) is 13.2 Å². The minimum Gasteiger partial charge on any atom is -0.462 e. The number of aliphatic hydroxyl groups excluding tert-OH is 1. The Balaban J connectivity index is 1.86. The van der Waals surface area contributed by atoms with Crippen LogP contribution < -0.4 is 0 Å². The van der Waals surface area contributed by atoms with E-state index in [0.717, 1.165) is 13.0 Å². The summed E-state index contributed by atoms with van der Waals surface area (Å²) in [4.78, 5) is 14.0. The van der Waals surface area contributed by atoms with Gasteiger partial charge in [-0.25, -0.2) is 0 Å². The molecule has 2 aliphatic rings. The fourth-order valence-electron chi connectivity index (χ4n) is 2.89. The molecule has 0 radical (unpaired) electrons. The maximum Gasteiger partial charge on any atom is 0.323 e. The maximum absolute atomic E-state index is 11.8. The molecule has 4 heteroatoms. The number of morpholine rings is 1. The molecular formula is C14H17NO3. The molecule has 0 bridgehead atoms. The molecule has 96 valence electrons. The second-order valence-electron chi connectivity index (χ2n) is 4.99. The van der Waals surface area contributed by atoms with Crippen LogP contribution in [0.2, 0.25) is 0 Å². The van der Waals surface area contributed by atoms with E-state index < -0.39 is 0 Å². The van der Waals surface area contributed by atoms with Crippen LogP contribution >= 0.6 is 0 Å². The topological polar surface area (TPSA) is 49.8 Å². The lowest BCUT2D eigenvalue weighted by Crippen LogP contribution is -2.55. The van der Waals surface area contributed by atoms with Crippen molar-refractivity contribution in [2.24, 2.45) is 0 Å². The first kappa shape index (κ1) is 11.7. The molecule has 2 aliphatic heterocycles. The van der Waals surface area contributed by atoms with Gasteiger partial charge in [0.05, 0.1) is 12.1 Å². The molecule has 0 amide bonds. The Morgan fingerprint density at radius 1 is 1.22 bits per heavy atom. The van der Waals surface area contributed by atoms with Crippen LogP contribution in [-0.4, -0.2) is 41.3 Å². The van der Waals surface area contributed by atoms with Crippen molar-refractivity contribution in [1.29, 1.82) is 0 Å². The highest BCUT2D eigenvalue weighted by Gasteiger charge is 2.42. The second kappa shape index (κ2) is 4.71. The van der Waals surface area contributed by atoms with E-state index in [0.29, 0.717) is 13.0 Å². The lowest BCUT2D eigenvalue weighted by atomic mass is 9.93. The van der Waals surface area contributed by atoms with Crippen LogP contribution in [-0.2, 0) is 9.53 Å². The van der Waals surface area contributed by atoms with E-state index in [2.05, 4.69) is 17.0 Å². The fourth-order valence-corrected chi connectivity index (χ4v) is 2.89. The van der Waals surface area contributed by atoms with E-state index >= 15 is 0 Å². The monoisotopic (exact) mass is 247 g/mol. The number of rotatable bonds is 1. The molecule has 3 atom stereocenters. The molecule has 0 aliphatic carbocycles. The van der Waals surface area contributed by atoms with E-state index in [1.54, 1.807) is 0 Å². The van der Waals surface area contributed by atoms with Crippen molar-refractivity contribution in [3.05, 3.63) is 35.9 Å². The molecule has 0 spiro atoms. The average molecular weight is 247 g/mol. The van der Waals surface area contributed by atoms with Crippen molar-refractivity contribution in [2.45, 2.75) is 31.0 Å². The van der Waals surface area contributed by atoms with Gasteiger partial charge in [0.25, 0.3) is 0 Å². The van der Waals surface area contributed by atoms with Crippen molar-refractivity contribution in [3.63, 3.8) is 0 Å². The van der Waals surface area contributed by atoms with Gasteiger partial charge in [0.2, 0.25) is 0 Å². The van der Waals surface area contributed by atoms with Gasteiger partial charge >= 0.3 is 5.97 Å². The van der Waals surface area contributed by atoms with E-state index in [-0.39, 0.29) is 24.2 Å². The molecule has 3 rings (SSSR count). The molecule has 18 heavy (non-hydrogen) atoms. The number of piperidine rings is 1. The Labute approximate surface area is 106 Å². The van der Waals surface area contributed by atoms with Crippen molar-refractivity contribution < 1.29 is 14.6 Å². The smallest absolute Gasteiger partial charge is 0.323 e. The van der Waals surface area contributed by atoms with Crippen LogP contribution in [0.4, 0.5) is 0 Å². The summed E-state index contributed by atoms with van der Waals surface area (Å²) in [5.74, 6) is -0.194. The van der Waals surface area contributed by atoms with Gasteiger partial charge in [-0.3, -0.25) is 9.69 Å². The van der Waals surface area contributed by atoms with Gasteiger partial charge in [0.1, 0.15) is 12.6 Å². The van der Waals surface area contributed by atoms with Gasteiger partial charge < -0.3 is 9.84 Å². The number of hydrogen-bond acceptors (Lipinski definition) is 4. The number of hydrogen-bond donors (Lipinski definition) is 1. The standard InChI is InChI=1S/C14H17NO3/c16-11-6-7-15-12(8-11)14(17)18-9-13(15)10-4-2-1-3-5-10/h1-5,11-13,16H,6-9H2/t11-,12+,13-/m1/s1. The zero-order valence-corrected chi connectivity index (χ0v) is 10.2. The molecule has 1 aromatic carbocycles. The molecule has 0 unspecified atom stereocenters. The Kier molecular flexibility index (Phi) is 3.06. The molecule has 1 N–H and O–H groups in total. The first-order chi connectivity index (χ1) is 8.75. The van der Waals surface area contributed by atoms with E-state index in [1.165, 1.54) is 5.56 Å². The maximum atomic E-state index is 11.8. The van der Waals surface area contributed by atoms with Crippen LogP contribution in [0.5, 0.6) is 0 Å². The number of esters is 1. The molecule has 1 aromatic rings. The van der Waals surface area contributed by atoms with E-state index in [9.17, 15) is 9.90 Å². The van der Waals surface area contributed by atoms with Gasteiger partial charge in [-0.05, 0) is 18.4 Å². The third-order valence-corrected chi connectivity index (χ3v) is 3.86. The molecule has 4 nitrogen and oxygen atoms in total. The molecular weight excluding hydrogens is 230 g/mol. The van der Waals surface area contributed by atoms with Crippen molar-refractivity contribution in [1.82, 2.24) is 4.90 Å². The predicted molar refractivity (Wildman–Crippen MR) is 65.9 cm³/mol. The zero-order valence-electron chi connectivity index (χ0n) is 10.2. The summed E-state index contributed by atoms with van der Waals surface area (Å²) < 4.78 is 5.27. The van der Waals surface area contributed by atoms with Crippen LogP contribution in [0.25, 0.3) is 0 Å². The number of ether oxygens (including phenoxy) is 1. The Hall–Kier alpha value is -1.39. The van der Waals surface area contributed by atoms with Crippen molar-refractivity contribution >= 4 is 5.97 Å². The van der Waals surface area contributed by atoms with Gasteiger partial charge in [0.15, 0.2) is 0 Å². The number of benzene rings is 1. The Morgan fingerprint density at radius 2 is 2.00 bits per heavy atom. The molecule has 2 fully saturated rings. The quantitative estimate of drug-likeness (QED) is 0.755.